The van der Waals surface area contributed by atoms with Crippen LogP contribution in [0.2, 0.25) is 0 Å². The van der Waals surface area contributed by atoms with Crippen LogP contribution in [-0.4, -0.2) is 18.5 Å². The zero-order chi connectivity index (χ0) is 14.1. The Hall–Kier alpha value is -1.51. The van der Waals surface area contributed by atoms with Crippen molar-refractivity contribution in [2.45, 2.75) is 52.5 Å². The Bertz CT molecular complexity index is 390. The monoisotopic (exact) mass is 262 g/mol. The molecule has 1 amide bonds. The predicted molar refractivity (Wildman–Crippen MR) is 81.4 cm³/mol. The molecule has 1 unspecified atom stereocenters. The highest BCUT2D eigenvalue weighted by Gasteiger charge is 2.12. The summed E-state index contributed by atoms with van der Waals surface area (Å²) in [4.78, 5) is 11.9. The molecule has 0 radical (unpaired) electrons. The van der Waals surface area contributed by atoms with Crippen molar-refractivity contribution in [2.75, 3.05) is 11.9 Å². The van der Waals surface area contributed by atoms with E-state index in [1.807, 2.05) is 25.1 Å². The lowest BCUT2D eigenvalue weighted by molar-refractivity contribution is -0.121. The lowest BCUT2D eigenvalue weighted by Gasteiger charge is -2.17. The van der Waals surface area contributed by atoms with Gasteiger partial charge < -0.3 is 10.6 Å². The van der Waals surface area contributed by atoms with Crippen LogP contribution in [0.3, 0.4) is 0 Å². The molecular weight excluding hydrogens is 236 g/mol. The molecule has 106 valence electrons. The van der Waals surface area contributed by atoms with E-state index in [1.165, 1.54) is 18.4 Å². The van der Waals surface area contributed by atoms with Crippen LogP contribution < -0.4 is 10.6 Å². The number of para-hydroxylation sites is 1. The second-order valence-corrected chi connectivity index (χ2v) is 4.87. The van der Waals surface area contributed by atoms with Crippen molar-refractivity contribution >= 4 is 11.6 Å². The molecule has 0 saturated heterocycles. The summed E-state index contributed by atoms with van der Waals surface area (Å²) in [5.74, 6) is 0.0713. The highest BCUT2D eigenvalue weighted by Crippen LogP contribution is 2.16. The van der Waals surface area contributed by atoms with E-state index in [9.17, 15) is 4.79 Å². The fourth-order valence-corrected chi connectivity index (χ4v) is 2.01. The maximum absolute atomic E-state index is 11.9. The minimum atomic E-state index is -0.200. The van der Waals surface area contributed by atoms with E-state index in [2.05, 4.69) is 30.5 Å². The summed E-state index contributed by atoms with van der Waals surface area (Å²) in [6.45, 7) is 6.96. The van der Waals surface area contributed by atoms with Gasteiger partial charge in [-0.1, -0.05) is 44.9 Å². The standard InChI is InChI=1S/C16H26N2O/c1-4-6-9-12-17-16(19)13(3)18-15-11-8-7-10-14(15)5-2/h7-8,10-11,13,18H,4-6,9,12H2,1-3H3,(H,17,19). The quantitative estimate of drug-likeness (QED) is 0.705. The van der Waals surface area contributed by atoms with E-state index < -0.39 is 0 Å². The summed E-state index contributed by atoms with van der Waals surface area (Å²) in [7, 11) is 0. The summed E-state index contributed by atoms with van der Waals surface area (Å²) in [6, 6.07) is 7.94. The Kier molecular flexibility index (Phi) is 7.01. The van der Waals surface area contributed by atoms with E-state index >= 15 is 0 Å². The van der Waals surface area contributed by atoms with Crippen LogP contribution in [-0.2, 0) is 11.2 Å². The van der Waals surface area contributed by atoms with E-state index in [0.717, 1.165) is 25.1 Å². The van der Waals surface area contributed by atoms with Crippen molar-refractivity contribution in [1.82, 2.24) is 5.32 Å². The van der Waals surface area contributed by atoms with Crippen LogP contribution in [0.25, 0.3) is 0 Å². The molecule has 1 aromatic rings. The summed E-state index contributed by atoms with van der Waals surface area (Å²) in [5, 5.41) is 6.26. The number of rotatable bonds is 8. The van der Waals surface area contributed by atoms with Crippen LogP contribution in [0, 0.1) is 0 Å². The van der Waals surface area contributed by atoms with Crippen LogP contribution in [0.15, 0.2) is 24.3 Å². The van der Waals surface area contributed by atoms with Gasteiger partial charge in [0.1, 0.15) is 6.04 Å². The lowest BCUT2D eigenvalue weighted by atomic mass is 10.1. The molecule has 1 rings (SSSR count). The number of aryl methyl sites for hydroxylation is 1. The van der Waals surface area contributed by atoms with Crippen LogP contribution in [0.5, 0.6) is 0 Å². The van der Waals surface area contributed by atoms with Gasteiger partial charge in [0.25, 0.3) is 0 Å². The van der Waals surface area contributed by atoms with E-state index in [-0.39, 0.29) is 11.9 Å². The van der Waals surface area contributed by atoms with Crippen LogP contribution >= 0.6 is 0 Å². The van der Waals surface area contributed by atoms with Crippen LogP contribution in [0.1, 0.15) is 45.6 Å². The maximum atomic E-state index is 11.9. The molecule has 3 heteroatoms. The SMILES string of the molecule is CCCCCNC(=O)C(C)Nc1ccccc1CC. The summed E-state index contributed by atoms with van der Waals surface area (Å²) in [6.07, 6.45) is 4.36. The molecule has 3 nitrogen and oxygen atoms in total. The number of unbranched alkanes of at least 4 members (excludes halogenated alkanes) is 2. The minimum Gasteiger partial charge on any atom is -0.374 e. The fourth-order valence-electron chi connectivity index (χ4n) is 2.01. The largest absolute Gasteiger partial charge is 0.374 e. The average Bonchev–Trinajstić information content (AvgIpc) is 2.44. The first-order valence-corrected chi connectivity index (χ1v) is 7.31. The van der Waals surface area contributed by atoms with Gasteiger partial charge in [-0.15, -0.1) is 0 Å². The zero-order valence-corrected chi connectivity index (χ0v) is 12.3. The Morgan fingerprint density at radius 3 is 2.63 bits per heavy atom. The number of carbonyl (C=O) groups excluding carboxylic acids is 1. The molecule has 0 bridgehead atoms. The Labute approximate surface area is 116 Å². The van der Waals surface area contributed by atoms with Gasteiger partial charge in [0.05, 0.1) is 0 Å². The molecule has 0 heterocycles. The molecule has 0 saturated carbocycles. The topological polar surface area (TPSA) is 41.1 Å². The second kappa shape index (κ2) is 8.57. The van der Waals surface area contributed by atoms with Gasteiger partial charge in [-0.3, -0.25) is 4.79 Å². The van der Waals surface area contributed by atoms with Crippen molar-refractivity contribution in [3.63, 3.8) is 0 Å². The van der Waals surface area contributed by atoms with Gasteiger partial charge in [0.15, 0.2) is 0 Å². The Balaban J connectivity index is 2.45. The molecule has 1 atom stereocenters. The van der Waals surface area contributed by atoms with E-state index in [1.54, 1.807) is 0 Å². The van der Waals surface area contributed by atoms with Crippen molar-refractivity contribution in [3.8, 4) is 0 Å². The Morgan fingerprint density at radius 2 is 1.95 bits per heavy atom. The zero-order valence-electron chi connectivity index (χ0n) is 12.3. The fraction of sp³-hybridized carbons (Fsp3) is 0.562. The molecule has 2 N–H and O–H groups in total. The number of amides is 1. The summed E-state index contributed by atoms with van der Waals surface area (Å²) < 4.78 is 0. The molecule has 0 aliphatic carbocycles. The summed E-state index contributed by atoms with van der Waals surface area (Å²) in [5.41, 5.74) is 2.30. The van der Waals surface area contributed by atoms with Gasteiger partial charge >= 0.3 is 0 Å². The predicted octanol–water partition coefficient (Wildman–Crippen LogP) is 3.36. The maximum Gasteiger partial charge on any atom is 0.242 e. The number of hydrogen-bond donors (Lipinski definition) is 2. The highest BCUT2D eigenvalue weighted by atomic mass is 16.2. The first-order chi connectivity index (χ1) is 9.19. The third-order valence-electron chi connectivity index (χ3n) is 3.24. The normalized spacial score (nSPS) is 11.9. The minimum absolute atomic E-state index is 0.0713. The lowest BCUT2D eigenvalue weighted by Crippen LogP contribution is -2.38. The third kappa shape index (κ3) is 5.33. The molecule has 0 aliphatic heterocycles. The van der Waals surface area contributed by atoms with Crippen molar-refractivity contribution in [1.29, 1.82) is 0 Å². The smallest absolute Gasteiger partial charge is 0.242 e. The third-order valence-corrected chi connectivity index (χ3v) is 3.24. The van der Waals surface area contributed by atoms with Crippen molar-refractivity contribution < 1.29 is 4.79 Å². The average molecular weight is 262 g/mol. The summed E-state index contributed by atoms with van der Waals surface area (Å²) >= 11 is 0. The molecule has 0 spiro atoms. The van der Waals surface area contributed by atoms with Gasteiger partial charge in [-0.25, -0.2) is 0 Å². The van der Waals surface area contributed by atoms with E-state index in [4.69, 9.17) is 0 Å². The van der Waals surface area contributed by atoms with Gasteiger partial charge in [0, 0.05) is 12.2 Å². The van der Waals surface area contributed by atoms with E-state index in [0.29, 0.717) is 0 Å². The number of benzene rings is 1. The van der Waals surface area contributed by atoms with Crippen LogP contribution in [0.4, 0.5) is 5.69 Å². The van der Waals surface area contributed by atoms with Crippen molar-refractivity contribution in [3.05, 3.63) is 29.8 Å². The molecule has 0 fully saturated rings. The molecule has 19 heavy (non-hydrogen) atoms. The molecule has 1 aromatic carbocycles. The first-order valence-electron chi connectivity index (χ1n) is 7.31. The molecular formula is C16H26N2O. The second-order valence-electron chi connectivity index (χ2n) is 4.87. The van der Waals surface area contributed by atoms with Gasteiger partial charge in [-0.05, 0) is 31.4 Å². The number of anilines is 1. The number of carbonyl (C=O) groups is 1. The highest BCUT2D eigenvalue weighted by molar-refractivity contribution is 5.84. The number of hydrogen-bond acceptors (Lipinski definition) is 2. The first kappa shape index (κ1) is 15.5. The Morgan fingerprint density at radius 1 is 1.21 bits per heavy atom. The van der Waals surface area contributed by atoms with Crippen molar-refractivity contribution in [2.24, 2.45) is 0 Å². The van der Waals surface area contributed by atoms with Gasteiger partial charge in [-0.2, -0.15) is 0 Å². The number of nitrogens with one attached hydrogen (secondary N) is 2. The molecule has 0 aromatic heterocycles. The molecule has 0 aliphatic rings. The van der Waals surface area contributed by atoms with Gasteiger partial charge in [0.2, 0.25) is 5.91 Å².